The zero-order chi connectivity index (χ0) is 16.3. The van der Waals surface area contributed by atoms with Gasteiger partial charge in [-0.25, -0.2) is 4.79 Å². The van der Waals surface area contributed by atoms with Gasteiger partial charge in [0.05, 0.1) is 6.04 Å². The Balaban J connectivity index is 2.02. The van der Waals surface area contributed by atoms with Crippen molar-refractivity contribution in [2.24, 2.45) is 0 Å². The van der Waals surface area contributed by atoms with Crippen LogP contribution in [0.1, 0.15) is 32.4 Å². The van der Waals surface area contributed by atoms with Crippen molar-refractivity contribution in [1.29, 1.82) is 0 Å². The Kier molecular flexibility index (Phi) is 5.10. The minimum atomic E-state index is -1.47. The van der Waals surface area contributed by atoms with E-state index in [0.29, 0.717) is 25.1 Å². The van der Waals surface area contributed by atoms with Crippen LogP contribution < -0.4 is 10.8 Å². The molecule has 1 aromatic rings. The molecule has 6 nitrogen and oxygen atoms in total. The lowest BCUT2D eigenvalue weighted by atomic mass is 9.80. The fourth-order valence-corrected chi connectivity index (χ4v) is 2.37. The second-order valence-corrected chi connectivity index (χ2v) is 6.47. The summed E-state index contributed by atoms with van der Waals surface area (Å²) in [5, 5.41) is 21.6. The van der Waals surface area contributed by atoms with Gasteiger partial charge < -0.3 is 25.0 Å². The van der Waals surface area contributed by atoms with E-state index < -0.39 is 12.7 Å². The second-order valence-electron chi connectivity index (χ2n) is 6.47. The summed E-state index contributed by atoms with van der Waals surface area (Å²) in [5.41, 5.74) is 0.942. The summed E-state index contributed by atoms with van der Waals surface area (Å²) in [7, 11) is -1.47. The molecule has 0 saturated carbocycles. The molecule has 1 amide bonds. The zero-order valence-corrected chi connectivity index (χ0v) is 13.2. The number of rotatable bonds is 2. The molecule has 1 aliphatic rings. The van der Waals surface area contributed by atoms with E-state index in [4.69, 9.17) is 14.8 Å². The number of benzene rings is 1. The lowest BCUT2D eigenvalue weighted by Gasteiger charge is -2.35. The Labute approximate surface area is 131 Å². The van der Waals surface area contributed by atoms with Gasteiger partial charge in [0.15, 0.2) is 0 Å². The van der Waals surface area contributed by atoms with E-state index in [9.17, 15) is 4.79 Å². The van der Waals surface area contributed by atoms with Gasteiger partial charge in [0.1, 0.15) is 5.60 Å². The van der Waals surface area contributed by atoms with E-state index in [-0.39, 0.29) is 12.1 Å². The highest BCUT2D eigenvalue weighted by atomic mass is 16.6. The van der Waals surface area contributed by atoms with Gasteiger partial charge in [0, 0.05) is 19.6 Å². The van der Waals surface area contributed by atoms with Crippen molar-refractivity contribution < 1.29 is 19.6 Å². The molecule has 2 rings (SSSR count). The van der Waals surface area contributed by atoms with Crippen LogP contribution in [-0.2, 0) is 4.74 Å². The molecular formula is C15H23BN2O4. The average molecular weight is 306 g/mol. The van der Waals surface area contributed by atoms with Gasteiger partial charge >= 0.3 is 13.2 Å². The van der Waals surface area contributed by atoms with Crippen molar-refractivity contribution in [3.05, 3.63) is 29.8 Å². The van der Waals surface area contributed by atoms with Crippen molar-refractivity contribution in [2.45, 2.75) is 32.4 Å². The van der Waals surface area contributed by atoms with Crippen molar-refractivity contribution in [3.63, 3.8) is 0 Å². The van der Waals surface area contributed by atoms with Crippen LogP contribution in [0.25, 0.3) is 0 Å². The van der Waals surface area contributed by atoms with Gasteiger partial charge in [-0.3, -0.25) is 0 Å². The summed E-state index contributed by atoms with van der Waals surface area (Å²) >= 11 is 0. The Bertz CT molecular complexity index is 513. The molecule has 1 fully saturated rings. The number of piperazine rings is 1. The maximum Gasteiger partial charge on any atom is 0.488 e. The number of carbonyl (C=O) groups is 1. The summed E-state index contributed by atoms with van der Waals surface area (Å²) in [5.74, 6) is 0. The van der Waals surface area contributed by atoms with E-state index >= 15 is 0 Å². The molecule has 1 aromatic carbocycles. The zero-order valence-electron chi connectivity index (χ0n) is 13.2. The molecule has 0 spiro atoms. The normalized spacial score (nSPS) is 19.0. The molecule has 7 heteroatoms. The van der Waals surface area contributed by atoms with Crippen molar-refractivity contribution >= 4 is 18.7 Å². The molecule has 0 aromatic heterocycles. The first kappa shape index (κ1) is 16.8. The van der Waals surface area contributed by atoms with Gasteiger partial charge in [-0.15, -0.1) is 0 Å². The third-order valence-corrected chi connectivity index (χ3v) is 3.46. The lowest BCUT2D eigenvalue weighted by Crippen LogP contribution is -2.49. The minimum Gasteiger partial charge on any atom is -0.444 e. The van der Waals surface area contributed by atoms with Crippen molar-refractivity contribution in [2.75, 3.05) is 19.6 Å². The Hall–Kier alpha value is -1.57. The van der Waals surface area contributed by atoms with Crippen LogP contribution in [0.3, 0.4) is 0 Å². The summed E-state index contributed by atoms with van der Waals surface area (Å²) in [6.45, 7) is 7.37. The van der Waals surface area contributed by atoms with Crippen molar-refractivity contribution in [3.8, 4) is 0 Å². The lowest BCUT2D eigenvalue weighted by molar-refractivity contribution is 0.0195. The fourth-order valence-electron chi connectivity index (χ4n) is 2.37. The first-order valence-corrected chi connectivity index (χ1v) is 7.43. The first-order valence-electron chi connectivity index (χ1n) is 7.43. The van der Waals surface area contributed by atoms with Gasteiger partial charge in [-0.1, -0.05) is 24.3 Å². The number of nitrogens with zero attached hydrogens (tertiary/aromatic N) is 1. The predicted molar refractivity (Wildman–Crippen MR) is 84.8 cm³/mol. The van der Waals surface area contributed by atoms with E-state index in [1.807, 2.05) is 32.9 Å². The number of ether oxygens (including phenoxy) is 1. The average Bonchev–Trinajstić information content (AvgIpc) is 2.46. The van der Waals surface area contributed by atoms with Crippen LogP contribution in [0.4, 0.5) is 4.79 Å². The van der Waals surface area contributed by atoms with Crippen LogP contribution >= 0.6 is 0 Å². The molecule has 120 valence electrons. The summed E-state index contributed by atoms with van der Waals surface area (Å²) in [6, 6.07) is 7.03. The number of nitrogens with one attached hydrogen (secondary N) is 1. The molecule has 22 heavy (non-hydrogen) atoms. The van der Waals surface area contributed by atoms with Crippen LogP contribution in [0.5, 0.6) is 0 Å². The summed E-state index contributed by atoms with van der Waals surface area (Å²) in [4.78, 5) is 13.8. The smallest absolute Gasteiger partial charge is 0.444 e. The maximum absolute atomic E-state index is 12.1. The predicted octanol–water partition coefficient (Wildman–Crippen LogP) is 0.248. The third-order valence-electron chi connectivity index (χ3n) is 3.46. The Morgan fingerprint density at radius 2 is 1.95 bits per heavy atom. The molecule has 1 saturated heterocycles. The summed E-state index contributed by atoms with van der Waals surface area (Å²) in [6.07, 6.45) is -0.304. The van der Waals surface area contributed by atoms with Gasteiger partial charge in [0.25, 0.3) is 0 Å². The number of hydrogen-bond acceptors (Lipinski definition) is 5. The monoisotopic (exact) mass is 306 g/mol. The largest absolute Gasteiger partial charge is 0.488 e. The van der Waals surface area contributed by atoms with Crippen LogP contribution in [-0.4, -0.2) is 53.4 Å². The molecule has 1 atom stereocenters. The Morgan fingerprint density at radius 1 is 1.32 bits per heavy atom. The molecule has 0 aliphatic carbocycles. The van der Waals surface area contributed by atoms with E-state index in [1.165, 1.54) is 0 Å². The highest BCUT2D eigenvalue weighted by Crippen LogP contribution is 2.18. The van der Waals surface area contributed by atoms with Crippen molar-refractivity contribution in [1.82, 2.24) is 10.2 Å². The SMILES string of the molecule is CC(C)(C)OC(=O)N1CCNC(c2ccc(B(O)O)cc2)C1. The van der Waals surface area contributed by atoms with Crippen LogP contribution in [0, 0.1) is 0 Å². The fraction of sp³-hybridized carbons (Fsp3) is 0.533. The standard InChI is InChI=1S/C15H23BN2O4/c1-15(2,3)22-14(19)18-9-8-17-13(10-18)11-4-6-12(7-5-11)16(20)21/h4-7,13,17,20-21H,8-10H2,1-3H3. The topological polar surface area (TPSA) is 82.0 Å². The van der Waals surface area contributed by atoms with Gasteiger partial charge in [-0.05, 0) is 31.8 Å². The molecule has 1 aliphatic heterocycles. The number of carbonyl (C=O) groups excluding carboxylic acids is 1. The third kappa shape index (κ3) is 4.46. The Morgan fingerprint density at radius 3 is 2.50 bits per heavy atom. The molecule has 0 radical (unpaired) electrons. The number of hydrogen-bond donors (Lipinski definition) is 3. The molecular weight excluding hydrogens is 283 g/mol. The number of amides is 1. The molecule has 0 bridgehead atoms. The van der Waals surface area contributed by atoms with Gasteiger partial charge in [-0.2, -0.15) is 0 Å². The van der Waals surface area contributed by atoms with E-state index in [0.717, 1.165) is 5.56 Å². The van der Waals surface area contributed by atoms with Crippen LogP contribution in [0.15, 0.2) is 24.3 Å². The highest BCUT2D eigenvalue weighted by molar-refractivity contribution is 6.58. The van der Waals surface area contributed by atoms with Gasteiger partial charge in [0.2, 0.25) is 0 Å². The molecule has 3 N–H and O–H groups in total. The molecule has 1 heterocycles. The summed E-state index contributed by atoms with van der Waals surface area (Å²) < 4.78 is 5.41. The highest BCUT2D eigenvalue weighted by Gasteiger charge is 2.28. The maximum atomic E-state index is 12.1. The van der Waals surface area contributed by atoms with E-state index in [1.54, 1.807) is 17.0 Å². The minimum absolute atomic E-state index is 0.00570. The quantitative estimate of drug-likeness (QED) is 0.682. The van der Waals surface area contributed by atoms with E-state index in [2.05, 4.69) is 5.32 Å². The first-order chi connectivity index (χ1) is 10.3. The second kappa shape index (κ2) is 6.68. The molecule has 1 unspecified atom stereocenters. The van der Waals surface area contributed by atoms with Crippen LogP contribution in [0.2, 0.25) is 0 Å².